The van der Waals surface area contributed by atoms with Crippen molar-refractivity contribution < 1.29 is 14.3 Å². The maximum atomic E-state index is 11.6. The van der Waals surface area contributed by atoms with Crippen LogP contribution >= 0.6 is 11.6 Å². The van der Waals surface area contributed by atoms with Gasteiger partial charge in [0.15, 0.2) is 5.56 Å². The van der Waals surface area contributed by atoms with Gasteiger partial charge in [0.1, 0.15) is 6.10 Å². The van der Waals surface area contributed by atoms with Crippen molar-refractivity contribution in [3.8, 4) is 0 Å². The number of carbonyl (C=O) groups is 1. The molecule has 18 heavy (non-hydrogen) atoms. The van der Waals surface area contributed by atoms with Gasteiger partial charge in [-0.1, -0.05) is 52.6 Å². The Hall–Kier alpha value is -0.440. The Morgan fingerprint density at radius 1 is 1.33 bits per heavy atom. The largest absolute Gasteiger partial charge is 0.510 e. The lowest BCUT2D eigenvalue weighted by atomic mass is 9.66. The first-order chi connectivity index (χ1) is 8.12. The average molecular weight is 277 g/mol. The van der Waals surface area contributed by atoms with Crippen molar-refractivity contribution in [2.45, 2.75) is 66.1 Å². The number of halogens is 1. The molecule has 0 aromatic rings. The number of hydrogen-bond donors (Lipinski definition) is 0. The van der Waals surface area contributed by atoms with Gasteiger partial charge in [0.25, 0.3) is 0 Å². The molecule has 0 amide bonds. The molecule has 4 heteroatoms. The van der Waals surface area contributed by atoms with Gasteiger partial charge in [0, 0.05) is 5.41 Å². The summed E-state index contributed by atoms with van der Waals surface area (Å²) in [4.78, 5) is 11.6. The SMILES string of the molecule is CCC1C[C@H](OC(=O)OC(C)Cl)C(C)(C)C1(C)C. The van der Waals surface area contributed by atoms with Gasteiger partial charge in [-0.2, -0.15) is 0 Å². The lowest BCUT2D eigenvalue weighted by Gasteiger charge is -2.40. The first-order valence-corrected chi connectivity index (χ1v) is 7.07. The van der Waals surface area contributed by atoms with E-state index in [-0.39, 0.29) is 16.9 Å². The molecule has 3 nitrogen and oxygen atoms in total. The second-order valence-corrected chi connectivity index (χ2v) is 6.92. The van der Waals surface area contributed by atoms with Gasteiger partial charge in [0.05, 0.1) is 0 Å². The molecule has 0 aromatic carbocycles. The van der Waals surface area contributed by atoms with Crippen LogP contribution in [0.25, 0.3) is 0 Å². The van der Waals surface area contributed by atoms with Crippen LogP contribution in [0.5, 0.6) is 0 Å². The van der Waals surface area contributed by atoms with E-state index in [1.54, 1.807) is 6.92 Å². The van der Waals surface area contributed by atoms with Crippen molar-refractivity contribution in [3.63, 3.8) is 0 Å². The fraction of sp³-hybridized carbons (Fsp3) is 0.929. The smallest absolute Gasteiger partial charge is 0.430 e. The Labute approximate surface area is 115 Å². The molecular formula is C14H25ClO3. The number of ether oxygens (including phenoxy) is 2. The number of carbonyl (C=O) groups excluding carboxylic acids is 1. The standard InChI is InChI=1S/C14H25ClO3/c1-7-10-8-11(14(5,6)13(10,3)4)18-12(16)17-9(2)15/h9-11H,7-8H2,1-6H3/t9?,10?,11-/m0/s1. The Kier molecular flexibility index (Phi) is 4.58. The Morgan fingerprint density at radius 3 is 2.28 bits per heavy atom. The monoisotopic (exact) mass is 276 g/mol. The number of rotatable bonds is 3. The molecule has 1 fully saturated rings. The zero-order valence-electron chi connectivity index (χ0n) is 12.2. The summed E-state index contributed by atoms with van der Waals surface area (Å²) < 4.78 is 10.3. The molecule has 1 rings (SSSR count). The summed E-state index contributed by atoms with van der Waals surface area (Å²) in [5, 5.41) is 0. The molecule has 2 unspecified atom stereocenters. The quantitative estimate of drug-likeness (QED) is 0.559. The molecule has 0 radical (unpaired) electrons. The van der Waals surface area contributed by atoms with E-state index >= 15 is 0 Å². The van der Waals surface area contributed by atoms with Gasteiger partial charge >= 0.3 is 6.16 Å². The summed E-state index contributed by atoms with van der Waals surface area (Å²) in [6.07, 6.45) is 1.21. The maximum absolute atomic E-state index is 11.6. The van der Waals surface area contributed by atoms with Crippen molar-refractivity contribution in [2.75, 3.05) is 0 Å². The third-order valence-corrected chi connectivity index (χ3v) is 5.06. The zero-order valence-corrected chi connectivity index (χ0v) is 13.0. The molecule has 0 N–H and O–H groups in total. The van der Waals surface area contributed by atoms with Crippen LogP contribution in [0.1, 0.15) is 54.4 Å². The van der Waals surface area contributed by atoms with E-state index < -0.39 is 11.7 Å². The van der Waals surface area contributed by atoms with Crippen molar-refractivity contribution in [1.29, 1.82) is 0 Å². The highest BCUT2D eigenvalue weighted by Gasteiger charge is 2.55. The predicted octanol–water partition coefficient (Wildman–Crippen LogP) is 4.58. The summed E-state index contributed by atoms with van der Waals surface area (Å²) in [5.74, 6) is 0.554. The van der Waals surface area contributed by atoms with Crippen LogP contribution in [0.3, 0.4) is 0 Å². The summed E-state index contributed by atoms with van der Waals surface area (Å²) in [6, 6.07) is 0. The summed E-state index contributed by atoms with van der Waals surface area (Å²) in [6.45, 7) is 12.6. The Morgan fingerprint density at radius 2 is 1.89 bits per heavy atom. The molecule has 0 aromatic heterocycles. The van der Waals surface area contributed by atoms with E-state index in [0.29, 0.717) is 5.92 Å². The summed E-state index contributed by atoms with van der Waals surface area (Å²) in [7, 11) is 0. The molecule has 0 aliphatic heterocycles. The summed E-state index contributed by atoms with van der Waals surface area (Å²) in [5.41, 5.74) is -0.585. The third kappa shape index (κ3) is 2.76. The number of alkyl halides is 1. The lowest BCUT2D eigenvalue weighted by molar-refractivity contribution is -0.0362. The van der Waals surface area contributed by atoms with Crippen molar-refractivity contribution in [1.82, 2.24) is 0 Å². The van der Waals surface area contributed by atoms with E-state index in [0.717, 1.165) is 12.8 Å². The fourth-order valence-corrected chi connectivity index (χ4v) is 3.01. The van der Waals surface area contributed by atoms with E-state index in [9.17, 15) is 4.79 Å². The molecule has 106 valence electrons. The van der Waals surface area contributed by atoms with Gasteiger partial charge in [-0.05, 0) is 24.7 Å². The van der Waals surface area contributed by atoms with Gasteiger partial charge in [-0.25, -0.2) is 4.79 Å². The minimum Gasteiger partial charge on any atom is -0.430 e. The molecule has 0 heterocycles. The van der Waals surface area contributed by atoms with Crippen LogP contribution in [-0.2, 0) is 9.47 Å². The third-order valence-electron chi connectivity index (χ3n) is 4.97. The molecule has 3 atom stereocenters. The van der Waals surface area contributed by atoms with Crippen LogP contribution in [0.4, 0.5) is 4.79 Å². The highest BCUT2D eigenvalue weighted by Crippen LogP contribution is 2.57. The van der Waals surface area contributed by atoms with Crippen LogP contribution in [0.2, 0.25) is 0 Å². The normalized spacial score (nSPS) is 30.8. The number of hydrogen-bond acceptors (Lipinski definition) is 3. The van der Waals surface area contributed by atoms with Crippen LogP contribution in [-0.4, -0.2) is 17.8 Å². The van der Waals surface area contributed by atoms with Crippen molar-refractivity contribution in [2.24, 2.45) is 16.7 Å². The highest BCUT2D eigenvalue weighted by atomic mass is 35.5. The van der Waals surface area contributed by atoms with E-state index in [1.807, 2.05) is 0 Å². The Balaban J connectivity index is 2.76. The van der Waals surface area contributed by atoms with E-state index in [2.05, 4.69) is 34.6 Å². The highest BCUT2D eigenvalue weighted by molar-refractivity contribution is 6.19. The minimum absolute atomic E-state index is 0.0672. The van der Waals surface area contributed by atoms with Crippen LogP contribution in [0, 0.1) is 16.7 Å². The predicted molar refractivity (Wildman–Crippen MR) is 72.6 cm³/mol. The van der Waals surface area contributed by atoms with Gasteiger partial charge in [-0.3, -0.25) is 0 Å². The van der Waals surface area contributed by atoms with Crippen LogP contribution < -0.4 is 0 Å². The lowest BCUT2D eigenvalue weighted by Crippen LogP contribution is -2.39. The average Bonchev–Trinajstić information content (AvgIpc) is 2.36. The van der Waals surface area contributed by atoms with Crippen molar-refractivity contribution >= 4 is 17.8 Å². The minimum atomic E-state index is -0.664. The molecule has 0 bridgehead atoms. The molecule has 1 saturated carbocycles. The first-order valence-electron chi connectivity index (χ1n) is 6.64. The van der Waals surface area contributed by atoms with Gasteiger partial charge in [-0.15, -0.1) is 0 Å². The molecule has 1 aliphatic rings. The second kappa shape index (κ2) is 5.28. The van der Waals surface area contributed by atoms with Crippen LogP contribution in [0.15, 0.2) is 0 Å². The maximum Gasteiger partial charge on any atom is 0.510 e. The zero-order chi connectivity index (χ0) is 14.1. The van der Waals surface area contributed by atoms with E-state index in [4.69, 9.17) is 21.1 Å². The molecular weight excluding hydrogens is 252 g/mol. The summed E-state index contributed by atoms with van der Waals surface area (Å²) >= 11 is 5.62. The topological polar surface area (TPSA) is 35.5 Å². The van der Waals surface area contributed by atoms with E-state index in [1.165, 1.54) is 0 Å². The molecule has 0 saturated heterocycles. The second-order valence-electron chi connectivity index (χ2n) is 6.30. The molecule has 0 spiro atoms. The van der Waals surface area contributed by atoms with Gasteiger partial charge < -0.3 is 9.47 Å². The molecule has 1 aliphatic carbocycles. The first kappa shape index (κ1) is 15.6. The van der Waals surface area contributed by atoms with Gasteiger partial charge in [0.2, 0.25) is 0 Å². The fourth-order valence-electron chi connectivity index (χ4n) is 2.94. The van der Waals surface area contributed by atoms with Crippen molar-refractivity contribution in [3.05, 3.63) is 0 Å². The Bertz CT molecular complexity index is 310.